The molecule has 3 heteroatoms. The van der Waals surface area contributed by atoms with Crippen molar-refractivity contribution >= 4 is 27.5 Å². The van der Waals surface area contributed by atoms with Gasteiger partial charge in [-0.2, -0.15) is 5.26 Å². The summed E-state index contributed by atoms with van der Waals surface area (Å²) in [6.07, 6.45) is 0.583. The Bertz CT molecular complexity index is 306. The van der Waals surface area contributed by atoms with Crippen LogP contribution in [0.1, 0.15) is 5.56 Å². The molecule has 0 aromatic heterocycles. The fourth-order valence-corrected chi connectivity index (χ4v) is 1.52. The molecule has 0 radical (unpaired) electrons. The molecule has 1 nitrogen and oxygen atoms in total. The van der Waals surface area contributed by atoms with Gasteiger partial charge in [0.15, 0.2) is 0 Å². The Morgan fingerprint density at radius 3 is 2.75 bits per heavy atom. The Balaban J connectivity index is 2.77. The van der Waals surface area contributed by atoms with E-state index in [1.165, 1.54) is 0 Å². The van der Waals surface area contributed by atoms with Crippen molar-refractivity contribution in [3.8, 4) is 6.07 Å². The van der Waals surface area contributed by atoms with Gasteiger partial charge in [0, 0.05) is 10.9 Å². The molecule has 0 N–H and O–H groups in total. The van der Waals surface area contributed by atoms with Crippen LogP contribution in [0.4, 0.5) is 0 Å². The smallest absolute Gasteiger partial charge is 0.124 e. The monoisotopic (exact) mass is 243 g/mol. The lowest BCUT2D eigenvalue weighted by molar-refractivity contribution is 1.01. The van der Waals surface area contributed by atoms with E-state index in [0.29, 0.717) is 6.42 Å². The summed E-state index contributed by atoms with van der Waals surface area (Å²) < 4.78 is 1.01. The Kier molecular flexibility index (Phi) is 3.58. The lowest BCUT2D eigenvalue weighted by Gasteiger charge is -2.02. The van der Waals surface area contributed by atoms with Crippen molar-refractivity contribution in [3.05, 3.63) is 34.3 Å². The first-order valence-electron chi connectivity index (χ1n) is 3.51. The zero-order valence-corrected chi connectivity index (χ0v) is 8.64. The molecular formula is C9H7BrClN. The maximum Gasteiger partial charge on any atom is 0.124 e. The van der Waals surface area contributed by atoms with Crippen LogP contribution in [-0.2, 0) is 6.42 Å². The van der Waals surface area contributed by atoms with Gasteiger partial charge in [0.2, 0.25) is 0 Å². The fourth-order valence-electron chi connectivity index (χ4n) is 0.903. The molecule has 0 spiro atoms. The first-order valence-corrected chi connectivity index (χ1v) is 4.74. The van der Waals surface area contributed by atoms with Crippen LogP contribution in [0, 0.1) is 11.3 Å². The summed E-state index contributed by atoms with van der Waals surface area (Å²) in [6.45, 7) is 0. The van der Waals surface area contributed by atoms with E-state index in [2.05, 4.69) is 15.9 Å². The van der Waals surface area contributed by atoms with Crippen molar-refractivity contribution in [3.63, 3.8) is 0 Å². The molecule has 0 aliphatic carbocycles. The van der Waals surface area contributed by atoms with Crippen LogP contribution in [0.2, 0.25) is 0 Å². The quantitative estimate of drug-likeness (QED) is 0.733. The molecule has 0 fully saturated rings. The topological polar surface area (TPSA) is 23.8 Å². The third kappa shape index (κ3) is 2.51. The average Bonchev–Trinajstić information content (AvgIpc) is 2.09. The normalized spacial score (nSPS) is 12.1. The summed E-state index contributed by atoms with van der Waals surface area (Å²) >= 11 is 9.08. The highest BCUT2D eigenvalue weighted by atomic mass is 79.9. The van der Waals surface area contributed by atoms with Gasteiger partial charge in [-0.3, -0.25) is 0 Å². The summed E-state index contributed by atoms with van der Waals surface area (Å²) in [5, 5.41) is 8.05. The molecule has 0 bridgehead atoms. The van der Waals surface area contributed by atoms with E-state index in [-0.39, 0.29) is 0 Å². The largest absolute Gasteiger partial charge is 0.197 e. The molecule has 0 saturated carbocycles. The molecule has 1 atom stereocenters. The predicted octanol–water partition coefficient (Wildman–Crippen LogP) is 3.12. The number of hydrogen-bond acceptors (Lipinski definition) is 1. The van der Waals surface area contributed by atoms with Gasteiger partial charge in [-0.05, 0) is 11.6 Å². The van der Waals surface area contributed by atoms with Gasteiger partial charge < -0.3 is 0 Å². The number of rotatable bonds is 2. The highest BCUT2D eigenvalue weighted by Crippen LogP contribution is 2.18. The van der Waals surface area contributed by atoms with Crippen molar-refractivity contribution in [1.29, 1.82) is 5.26 Å². The van der Waals surface area contributed by atoms with Crippen LogP contribution in [0.5, 0.6) is 0 Å². The minimum absolute atomic E-state index is 0.441. The molecule has 0 heterocycles. The minimum Gasteiger partial charge on any atom is -0.197 e. The summed E-state index contributed by atoms with van der Waals surface area (Å²) in [6, 6.07) is 9.75. The van der Waals surface area contributed by atoms with Gasteiger partial charge in [-0.15, -0.1) is 11.6 Å². The standard InChI is InChI=1S/C9H7BrClN/c10-9-4-2-1-3-7(9)5-8(11)6-12/h1-4,8H,5H2. The first-order chi connectivity index (χ1) is 5.74. The first kappa shape index (κ1) is 9.57. The van der Waals surface area contributed by atoms with Crippen molar-refractivity contribution in [2.45, 2.75) is 11.8 Å². The Hall–Kier alpha value is -0.520. The molecule has 0 aliphatic heterocycles. The zero-order chi connectivity index (χ0) is 8.97. The molecule has 12 heavy (non-hydrogen) atoms. The van der Waals surface area contributed by atoms with E-state index in [0.717, 1.165) is 10.0 Å². The molecule has 0 amide bonds. The number of benzene rings is 1. The summed E-state index contributed by atoms with van der Waals surface area (Å²) in [4.78, 5) is 0. The second-order valence-corrected chi connectivity index (χ2v) is 3.77. The molecule has 1 unspecified atom stereocenters. The van der Waals surface area contributed by atoms with Crippen LogP contribution in [0.25, 0.3) is 0 Å². The lowest BCUT2D eigenvalue weighted by atomic mass is 10.1. The average molecular weight is 245 g/mol. The maximum absolute atomic E-state index is 8.49. The molecule has 1 aromatic carbocycles. The Morgan fingerprint density at radius 2 is 2.17 bits per heavy atom. The third-order valence-electron chi connectivity index (χ3n) is 1.50. The second kappa shape index (κ2) is 4.49. The SMILES string of the molecule is N#CC(Cl)Cc1ccccc1Br. The van der Waals surface area contributed by atoms with E-state index in [9.17, 15) is 0 Å². The summed E-state index contributed by atoms with van der Waals surface area (Å²) in [5.74, 6) is 0. The van der Waals surface area contributed by atoms with Crippen LogP contribution >= 0.6 is 27.5 Å². The zero-order valence-electron chi connectivity index (χ0n) is 6.30. The number of nitrogens with zero attached hydrogens (tertiary/aromatic N) is 1. The molecule has 1 rings (SSSR count). The van der Waals surface area contributed by atoms with Crippen molar-refractivity contribution in [2.24, 2.45) is 0 Å². The lowest BCUT2D eigenvalue weighted by Crippen LogP contribution is -1.99. The minimum atomic E-state index is -0.441. The highest BCUT2D eigenvalue weighted by molar-refractivity contribution is 9.10. The molecule has 0 saturated heterocycles. The fraction of sp³-hybridized carbons (Fsp3) is 0.222. The van der Waals surface area contributed by atoms with Gasteiger partial charge in [-0.1, -0.05) is 34.1 Å². The second-order valence-electron chi connectivity index (χ2n) is 2.39. The molecule has 0 aliphatic rings. The molecule has 1 aromatic rings. The van der Waals surface area contributed by atoms with Crippen LogP contribution in [-0.4, -0.2) is 5.38 Å². The van der Waals surface area contributed by atoms with Crippen LogP contribution < -0.4 is 0 Å². The number of halogens is 2. The van der Waals surface area contributed by atoms with Gasteiger partial charge in [-0.25, -0.2) is 0 Å². The maximum atomic E-state index is 8.49. The van der Waals surface area contributed by atoms with Gasteiger partial charge in [0.1, 0.15) is 5.38 Å². The van der Waals surface area contributed by atoms with E-state index in [1.807, 2.05) is 30.3 Å². The third-order valence-corrected chi connectivity index (χ3v) is 2.52. The Morgan fingerprint density at radius 1 is 1.50 bits per heavy atom. The van der Waals surface area contributed by atoms with Crippen LogP contribution in [0.15, 0.2) is 28.7 Å². The summed E-state index contributed by atoms with van der Waals surface area (Å²) in [7, 11) is 0. The van der Waals surface area contributed by atoms with E-state index in [4.69, 9.17) is 16.9 Å². The van der Waals surface area contributed by atoms with Crippen molar-refractivity contribution in [1.82, 2.24) is 0 Å². The van der Waals surface area contributed by atoms with Gasteiger partial charge in [0.25, 0.3) is 0 Å². The van der Waals surface area contributed by atoms with E-state index in [1.54, 1.807) is 0 Å². The van der Waals surface area contributed by atoms with Crippen molar-refractivity contribution < 1.29 is 0 Å². The Labute approximate surface area is 85.1 Å². The number of hydrogen-bond donors (Lipinski definition) is 0. The van der Waals surface area contributed by atoms with E-state index < -0.39 is 5.38 Å². The van der Waals surface area contributed by atoms with Crippen LogP contribution in [0.3, 0.4) is 0 Å². The van der Waals surface area contributed by atoms with Gasteiger partial charge in [0.05, 0.1) is 6.07 Å². The summed E-state index contributed by atoms with van der Waals surface area (Å²) in [5.41, 5.74) is 1.07. The molecular weight excluding hydrogens is 237 g/mol. The highest BCUT2D eigenvalue weighted by Gasteiger charge is 2.05. The van der Waals surface area contributed by atoms with Crippen molar-refractivity contribution in [2.75, 3.05) is 0 Å². The van der Waals surface area contributed by atoms with Gasteiger partial charge >= 0.3 is 0 Å². The number of alkyl halides is 1. The molecule has 62 valence electrons. The number of nitriles is 1. The predicted molar refractivity (Wildman–Crippen MR) is 53.1 cm³/mol. The van der Waals surface area contributed by atoms with E-state index >= 15 is 0 Å².